The van der Waals surface area contributed by atoms with Gasteiger partial charge >= 0.3 is 0 Å². The summed E-state index contributed by atoms with van der Waals surface area (Å²) in [6, 6.07) is 15.6. The highest BCUT2D eigenvalue weighted by molar-refractivity contribution is 7.89. The maximum Gasteiger partial charge on any atom is 0.243 e. The van der Waals surface area contributed by atoms with Gasteiger partial charge in [-0.25, -0.2) is 8.42 Å². The molecule has 0 unspecified atom stereocenters. The fourth-order valence-electron chi connectivity index (χ4n) is 2.03. The fourth-order valence-corrected chi connectivity index (χ4v) is 3.19. The van der Waals surface area contributed by atoms with E-state index < -0.39 is 10.0 Å². The highest BCUT2D eigenvalue weighted by Gasteiger charge is 2.20. The van der Waals surface area contributed by atoms with Crippen LogP contribution < -0.4 is 0 Å². The Morgan fingerprint density at radius 3 is 2.38 bits per heavy atom. The Labute approximate surface area is 125 Å². The third kappa shape index (κ3) is 3.48. The second-order valence-corrected chi connectivity index (χ2v) is 6.93. The van der Waals surface area contributed by atoms with Crippen LogP contribution in [0.3, 0.4) is 0 Å². The van der Waals surface area contributed by atoms with Crippen molar-refractivity contribution in [3.05, 3.63) is 65.2 Å². The summed E-state index contributed by atoms with van der Waals surface area (Å²) in [5.41, 5.74) is 2.47. The first kappa shape index (κ1) is 15.2. The van der Waals surface area contributed by atoms with Gasteiger partial charge in [0.05, 0.1) is 16.5 Å². The molecule has 0 saturated carbocycles. The largest absolute Gasteiger partial charge is 0.243 e. The molecule has 2 aromatic carbocycles. The number of hydrogen-bond acceptors (Lipinski definition) is 3. The minimum atomic E-state index is -3.55. The normalized spacial score (nSPS) is 11.3. The van der Waals surface area contributed by atoms with Gasteiger partial charge in [-0.3, -0.25) is 0 Å². The summed E-state index contributed by atoms with van der Waals surface area (Å²) in [7, 11) is -2.00. The summed E-state index contributed by atoms with van der Waals surface area (Å²) >= 11 is 0. The molecule has 0 heterocycles. The van der Waals surface area contributed by atoms with Gasteiger partial charge in [-0.2, -0.15) is 9.57 Å². The van der Waals surface area contributed by atoms with E-state index in [1.54, 1.807) is 7.05 Å². The molecule has 0 fully saturated rings. The minimum Gasteiger partial charge on any atom is -0.207 e. The molecule has 0 atom stereocenters. The number of benzene rings is 2. The molecule has 0 aliphatic carbocycles. The first-order chi connectivity index (χ1) is 9.93. The summed E-state index contributed by atoms with van der Waals surface area (Å²) in [4.78, 5) is 0.191. The number of aryl methyl sites for hydroxylation is 1. The van der Waals surface area contributed by atoms with Crippen molar-refractivity contribution in [3.63, 3.8) is 0 Å². The Morgan fingerprint density at radius 2 is 1.81 bits per heavy atom. The van der Waals surface area contributed by atoms with Crippen molar-refractivity contribution < 1.29 is 8.42 Å². The van der Waals surface area contributed by atoms with Gasteiger partial charge in [0.1, 0.15) is 0 Å². The van der Waals surface area contributed by atoms with Gasteiger partial charge in [-0.1, -0.05) is 29.8 Å². The topological polar surface area (TPSA) is 61.2 Å². The minimum absolute atomic E-state index is 0.191. The first-order valence-electron chi connectivity index (χ1n) is 6.45. The zero-order chi connectivity index (χ0) is 15.5. The van der Waals surface area contributed by atoms with Crippen LogP contribution in [0.4, 0.5) is 0 Å². The predicted octanol–water partition coefficient (Wildman–Crippen LogP) is 2.69. The van der Waals surface area contributed by atoms with Crippen LogP contribution in [0.5, 0.6) is 0 Å². The molecule has 0 aromatic heterocycles. The third-order valence-electron chi connectivity index (χ3n) is 3.18. The van der Waals surface area contributed by atoms with E-state index in [4.69, 9.17) is 5.26 Å². The van der Waals surface area contributed by atoms with Crippen LogP contribution in [-0.2, 0) is 16.6 Å². The number of hydrogen-bond donors (Lipinski definition) is 0. The lowest BCUT2D eigenvalue weighted by atomic mass is 10.1. The molecule has 2 rings (SSSR count). The second kappa shape index (κ2) is 6.08. The molecular weight excluding hydrogens is 284 g/mol. The third-order valence-corrected chi connectivity index (χ3v) is 5.00. The van der Waals surface area contributed by atoms with Crippen molar-refractivity contribution in [2.24, 2.45) is 0 Å². The van der Waals surface area contributed by atoms with E-state index in [2.05, 4.69) is 0 Å². The first-order valence-corrected chi connectivity index (χ1v) is 7.89. The fraction of sp³-hybridized carbons (Fsp3) is 0.188. The number of nitriles is 1. The van der Waals surface area contributed by atoms with E-state index in [1.165, 1.54) is 28.6 Å². The Bertz CT molecular complexity index is 775. The molecule has 2 aromatic rings. The van der Waals surface area contributed by atoms with Crippen LogP contribution in [0.15, 0.2) is 53.4 Å². The molecule has 21 heavy (non-hydrogen) atoms. The molecule has 0 bridgehead atoms. The molecule has 0 saturated heterocycles. The number of rotatable bonds is 4. The van der Waals surface area contributed by atoms with Crippen molar-refractivity contribution in [2.75, 3.05) is 7.05 Å². The van der Waals surface area contributed by atoms with E-state index in [-0.39, 0.29) is 4.90 Å². The van der Waals surface area contributed by atoms with E-state index in [0.717, 1.165) is 11.1 Å². The summed E-state index contributed by atoms with van der Waals surface area (Å²) in [6.45, 7) is 2.28. The monoisotopic (exact) mass is 300 g/mol. The van der Waals surface area contributed by atoms with Crippen molar-refractivity contribution in [1.82, 2.24) is 4.31 Å². The van der Waals surface area contributed by atoms with Crippen molar-refractivity contribution in [1.29, 1.82) is 5.26 Å². The maximum absolute atomic E-state index is 12.5. The highest BCUT2D eigenvalue weighted by Crippen LogP contribution is 2.17. The molecule has 0 N–H and O–H groups in total. The van der Waals surface area contributed by atoms with Gasteiger partial charge in [-0.15, -0.1) is 0 Å². The van der Waals surface area contributed by atoms with Crippen molar-refractivity contribution >= 4 is 10.0 Å². The van der Waals surface area contributed by atoms with Gasteiger partial charge < -0.3 is 0 Å². The molecule has 0 aliphatic rings. The Hall–Kier alpha value is -2.16. The smallest absolute Gasteiger partial charge is 0.207 e. The number of sulfonamides is 1. The Balaban J connectivity index is 2.24. The van der Waals surface area contributed by atoms with Crippen LogP contribution in [0.25, 0.3) is 0 Å². The average molecular weight is 300 g/mol. The van der Waals surface area contributed by atoms with Crippen LogP contribution in [0, 0.1) is 18.3 Å². The molecule has 0 aliphatic heterocycles. The van der Waals surface area contributed by atoms with Gasteiger partial charge in [0.25, 0.3) is 0 Å². The molecule has 0 radical (unpaired) electrons. The van der Waals surface area contributed by atoms with Crippen LogP contribution in [0.1, 0.15) is 16.7 Å². The lowest BCUT2D eigenvalue weighted by molar-refractivity contribution is 0.466. The lowest BCUT2D eigenvalue weighted by Crippen LogP contribution is -2.26. The summed E-state index contributed by atoms with van der Waals surface area (Å²) < 4.78 is 26.2. The van der Waals surface area contributed by atoms with E-state index in [9.17, 15) is 8.42 Å². The van der Waals surface area contributed by atoms with Crippen LogP contribution in [0.2, 0.25) is 0 Å². The van der Waals surface area contributed by atoms with Gasteiger partial charge in [0, 0.05) is 13.6 Å². The van der Waals surface area contributed by atoms with E-state index in [0.29, 0.717) is 12.1 Å². The van der Waals surface area contributed by atoms with Crippen molar-refractivity contribution in [2.45, 2.75) is 18.4 Å². The SMILES string of the molecule is Cc1cccc(CN(C)S(=O)(=O)c2ccc(C#N)cc2)c1. The summed E-state index contributed by atoms with van der Waals surface area (Å²) in [5.74, 6) is 0. The predicted molar refractivity (Wildman–Crippen MR) is 81.0 cm³/mol. The summed E-state index contributed by atoms with van der Waals surface area (Å²) in [5, 5.41) is 8.75. The van der Waals surface area contributed by atoms with E-state index >= 15 is 0 Å². The average Bonchev–Trinajstić information content (AvgIpc) is 2.47. The quantitative estimate of drug-likeness (QED) is 0.872. The molecular formula is C16H16N2O2S. The highest BCUT2D eigenvalue weighted by atomic mass is 32.2. The molecule has 0 amide bonds. The van der Waals surface area contributed by atoms with Crippen molar-refractivity contribution in [3.8, 4) is 6.07 Å². The molecule has 108 valence electrons. The molecule has 5 heteroatoms. The maximum atomic E-state index is 12.5. The number of nitrogens with zero attached hydrogens (tertiary/aromatic N) is 2. The second-order valence-electron chi connectivity index (χ2n) is 4.89. The van der Waals surface area contributed by atoms with Gasteiger partial charge in [-0.05, 0) is 36.8 Å². The van der Waals surface area contributed by atoms with Crippen LogP contribution in [-0.4, -0.2) is 19.8 Å². The zero-order valence-electron chi connectivity index (χ0n) is 11.9. The Morgan fingerprint density at radius 1 is 1.14 bits per heavy atom. The zero-order valence-corrected chi connectivity index (χ0v) is 12.8. The standard InChI is InChI=1S/C16H16N2O2S/c1-13-4-3-5-15(10-13)12-18(2)21(19,20)16-8-6-14(11-17)7-9-16/h3-10H,12H2,1-2H3. The molecule has 0 spiro atoms. The molecule has 4 nitrogen and oxygen atoms in total. The Kier molecular flexibility index (Phi) is 4.41. The summed E-state index contributed by atoms with van der Waals surface area (Å²) in [6.07, 6.45) is 0. The van der Waals surface area contributed by atoms with E-state index in [1.807, 2.05) is 37.3 Å². The van der Waals surface area contributed by atoms with Gasteiger partial charge in [0.15, 0.2) is 0 Å². The van der Waals surface area contributed by atoms with Crippen LogP contribution >= 0.6 is 0 Å². The lowest BCUT2D eigenvalue weighted by Gasteiger charge is -2.17. The van der Waals surface area contributed by atoms with Gasteiger partial charge in [0.2, 0.25) is 10.0 Å².